The lowest BCUT2D eigenvalue weighted by atomic mass is 10.0. The third kappa shape index (κ3) is 6.39. The molecule has 0 saturated heterocycles. The van der Waals surface area contributed by atoms with Crippen molar-refractivity contribution in [1.82, 2.24) is 10.3 Å². The van der Waals surface area contributed by atoms with Gasteiger partial charge in [0.1, 0.15) is 12.1 Å². The smallest absolute Gasteiger partial charge is 0.328 e. The Balaban J connectivity index is 2.76. The summed E-state index contributed by atoms with van der Waals surface area (Å²) in [5, 5.41) is 12.5. The van der Waals surface area contributed by atoms with Crippen LogP contribution in [0.3, 0.4) is 0 Å². The van der Waals surface area contributed by atoms with Crippen LogP contribution in [0.4, 0.5) is 0 Å². The Labute approximate surface area is 160 Å². The quantitative estimate of drug-likeness (QED) is 0.598. The number of carbonyl (C=O) groups excluding carboxylic acids is 2. The fraction of sp³-hybridized carbons (Fsp3) is 0.632. The summed E-state index contributed by atoms with van der Waals surface area (Å²) in [7, 11) is 1.37. The Morgan fingerprint density at radius 2 is 1.93 bits per heavy atom. The molecule has 0 fully saturated rings. The number of hydrogen-bond donors (Lipinski definition) is 2. The Bertz CT molecular complexity index is 635. The van der Waals surface area contributed by atoms with Crippen molar-refractivity contribution in [2.24, 2.45) is 5.92 Å². The van der Waals surface area contributed by atoms with Crippen LogP contribution in [0.15, 0.2) is 12.3 Å². The summed E-state index contributed by atoms with van der Waals surface area (Å²) in [6, 6.07) is 0.499. The molecule has 8 heteroatoms. The molecule has 1 aromatic rings. The van der Waals surface area contributed by atoms with E-state index in [1.54, 1.807) is 0 Å². The van der Waals surface area contributed by atoms with Gasteiger partial charge in [-0.25, -0.2) is 9.78 Å². The zero-order valence-corrected chi connectivity index (χ0v) is 16.8. The fourth-order valence-electron chi connectivity index (χ4n) is 2.50. The summed E-state index contributed by atoms with van der Waals surface area (Å²) in [5.74, 6) is -1.51. The second kappa shape index (κ2) is 10.7. The molecule has 0 aliphatic heterocycles. The highest BCUT2D eigenvalue weighted by atomic mass is 16.6. The Kier molecular flexibility index (Phi) is 9.00. The van der Waals surface area contributed by atoms with Crippen molar-refractivity contribution in [2.75, 3.05) is 13.7 Å². The molecular weight excluding hydrogens is 352 g/mol. The Morgan fingerprint density at radius 1 is 1.26 bits per heavy atom. The normalized spacial score (nSPS) is 14.3. The lowest BCUT2D eigenvalue weighted by molar-refractivity contribution is -0.162. The molecule has 0 aliphatic carbocycles. The molecule has 152 valence electrons. The maximum absolute atomic E-state index is 12.4. The van der Waals surface area contributed by atoms with Crippen LogP contribution in [0.5, 0.6) is 11.5 Å². The SMILES string of the molecule is CCCO[C@@H](C)[C@@H](OC(=O)[C@H](C)NC(=O)c1nccc(OC)c1O)C(C)C. The molecule has 0 spiro atoms. The predicted molar refractivity (Wildman–Crippen MR) is 99.8 cm³/mol. The fourth-order valence-corrected chi connectivity index (χ4v) is 2.50. The van der Waals surface area contributed by atoms with Crippen LogP contribution in [-0.4, -0.2) is 53.9 Å². The molecule has 3 atom stereocenters. The summed E-state index contributed by atoms with van der Waals surface area (Å²) < 4.78 is 16.2. The van der Waals surface area contributed by atoms with Crippen molar-refractivity contribution in [2.45, 2.75) is 59.3 Å². The van der Waals surface area contributed by atoms with Crippen molar-refractivity contribution in [3.63, 3.8) is 0 Å². The van der Waals surface area contributed by atoms with E-state index in [0.29, 0.717) is 6.61 Å². The van der Waals surface area contributed by atoms with Gasteiger partial charge < -0.3 is 24.6 Å². The molecule has 0 aliphatic rings. The summed E-state index contributed by atoms with van der Waals surface area (Å²) in [5.41, 5.74) is -0.228. The molecule has 1 aromatic heterocycles. The molecule has 0 bridgehead atoms. The zero-order valence-electron chi connectivity index (χ0n) is 16.8. The average Bonchev–Trinajstić information content (AvgIpc) is 2.63. The van der Waals surface area contributed by atoms with E-state index >= 15 is 0 Å². The van der Waals surface area contributed by atoms with E-state index < -0.39 is 24.0 Å². The first-order valence-electron chi connectivity index (χ1n) is 9.07. The summed E-state index contributed by atoms with van der Waals surface area (Å²) >= 11 is 0. The van der Waals surface area contributed by atoms with E-state index in [0.717, 1.165) is 6.42 Å². The standard InChI is InChI=1S/C19H30N2O6/c1-7-10-26-13(5)17(11(2)3)27-19(24)12(4)21-18(23)15-16(22)14(25-6)8-9-20-15/h8-9,11-13,17,22H,7,10H2,1-6H3,(H,21,23)/t12-,13-,17-/m0/s1. The van der Waals surface area contributed by atoms with Crippen molar-refractivity contribution < 1.29 is 28.9 Å². The number of nitrogens with one attached hydrogen (secondary N) is 1. The molecular formula is C19H30N2O6. The van der Waals surface area contributed by atoms with Gasteiger partial charge in [-0.3, -0.25) is 4.79 Å². The van der Waals surface area contributed by atoms with E-state index in [-0.39, 0.29) is 29.2 Å². The third-order valence-corrected chi connectivity index (χ3v) is 3.98. The summed E-state index contributed by atoms with van der Waals surface area (Å²) in [6.45, 7) is 9.82. The minimum Gasteiger partial charge on any atom is -0.503 e. The lowest BCUT2D eigenvalue weighted by Gasteiger charge is -2.28. The number of nitrogens with zero attached hydrogens (tertiary/aromatic N) is 1. The van der Waals surface area contributed by atoms with Gasteiger partial charge in [-0.15, -0.1) is 0 Å². The first kappa shape index (κ1) is 22.7. The second-order valence-electron chi connectivity index (χ2n) is 6.63. The highest BCUT2D eigenvalue weighted by Crippen LogP contribution is 2.27. The molecule has 27 heavy (non-hydrogen) atoms. The number of pyridine rings is 1. The molecule has 0 saturated carbocycles. The minimum atomic E-state index is -0.926. The number of esters is 1. The molecule has 8 nitrogen and oxygen atoms in total. The number of methoxy groups -OCH3 is 1. The summed E-state index contributed by atoms with van der Waals surface area (Å²) in [4.78, 5) is 28.6. The number of ether oxygens (including phenoxy) is 3. The first-order valence-corrected chi connectivity index (χ1v) is 9.07. The Hall–Kier alpha value is -2.35. The van der Waals surface area contributed by atoms with Crippen LogP contribution in [0, 0.1) is 5.92 Å². The first-order chi connectivity index (χ1) is 12.7. The number of aromatic nitrogens is 1. The molecule has 0 radical (unpaired) electrons. The largest absolute Gasteiger partial charge is 0.503 e. The van der Waals surface area contributed by atoms with Gasteiger partial charge in [0.15, 0.2) is 17.2 Å². The highest BCUT2D eigenvalue weighted by molar-refractivity contribution is 5.97. The van der Waals surface area contributed by atoms with Crippen molar-refractivity contribution >= 4 is 11.9 Å². The zero-order chi connectivity index (χ0) is 20.6. The van der Waals surface area contributed by atoms with Gasteiger partial charge in [0, 0.05) is 18.9 Å². The second-order valence-corrected chi connectivity index (χ2v) is 6.63. The summed E-state index contributed by atoms with van der Waals surface area (Å²) in [6.07, 6.45) is 1.50. The van der Waals surface area contributed by atoms with Gasteiger partial charge >= 0.3 is 5.97 Å². The van der Waals surface area contributed by atoms with Crippen LogP contribution >= 0.6 is 0 Å². The third-order valence-electron chi connectivity index (χ3n) is 3.98. The van der Waals surface area contributed by atoms with Crippen LogP contribution < -0.4 is 10.1 Å². The van der Waals surface area contributed by atoms with E-state index in [2.05, 4.69) is 10.3 Å². The van der Waals surface area contributed by atoms with Crippen molar-refractivity contribution in [1.29, 1.82) is 0 Å². The predicted octanol–water partition coefficient (Wildman–Crippen LogP) is 2.30. The molecule has 0 unspecified atom stereocenters. The van der Waals surface area contributed by atoms with Crippen molar-refractivity contribution in [3.05, 3.63) is 18.0 Å². The maximum Gasteiger partial charge on any atom is 0.328 e. The van der Waals surface area contributed by atoms with Crippen LogP contribution in [0.2, 0.25) is 0 Å². The number of carbonyl (C=O) groups is 2. The van der Waals surface area contributed by atoms with Gasteiger partial charge in [0.05, 0.1) is 13.2 Å². The number of rotatable bonds is 10. The van der Waals surface area contributed by atoms with Crippen molar-refractivity contribution in [3.8, 4) is 11.5 Å². The molecule has 0 aromatic carbocycles. The maximum atomic E-state index is 12.4. The number of amides is 1. The van der Waals surface area contributed by atoms with Gasteiger partial charge in [-0.05, 0) is 26.2 Å². The van der Waals surface area contributed by atoms with Gasteiger partial charge in [-0.1, -0.05) is 20.8 Å². The van der Waals surface area contributed by atoms with Gasteiger partial charge in [-0.2, -0.15) is 0 Å². The lowest BCUT2D eigenvalue weighted by Crippen LogP contribution is -2.44. The van der Waals surface area contributed by atoms with E-state index in [1.807, 2.05) is 27.7 Å². The number of aromatic hydroxyl groups is 1. The van der Waals surface area contributed by atoms with Crippen LogP contribution in [0.1, 0.15) is 51.5 Å². The molecule has 1 rings (SSSR count). The highest BCUT2D eigenvalue weighted by Gasteiger charge is 2.29. The van der Waals surface area contributed by atoms with E-state index in [9.17, 15) is 14.7 Å². The monoisotopic (exact) mass is 382 g/mol. The molecule has 1 amide bonds. The topological polar surface area (TPSA) is 107 Å². The number of hydrogen-bond acceptors (Lipinski definition) is 7. The Morgan fingerprint density at radius 3 is 2.48 bits per heavy atom. The van der Waals surface area contributed by atoms with E-state index in [4.69, 9.17) is 14.2 Å². The molecule has 2 N–H and O–H groups in total. The van der Waals surface area contributed by atoms with Crippen LogP contribution in [-0.2, 0) is 14.3 Å². The van der Waals surface area contributed by atoms with Crippen LogP contribution in [0.25, 0.3) is 0 Å². The van der Waals surface area contributed by atoms with Gasteiger partial charge in [0.25, 0.3) is 5.91 Å². The average molecular weight is 382 g/mol. The van der Waals surface area contributed by atoms with Gasteiger partial charge in [0.2, 0.25) is 0 Å². The minimum absolute atomic E-state index is 0.0489. The molecule has 1 heterocycles. The van der Waals surface area contributed by atoms with E-state index in [1.165, 1.54) is 26.3 Å².